The van der Waals surface area contributed by atoms with E-state index in [0.29, 0.717) is 21.1 Å². The Morgan fingerprint density at radius 1 is 1.37 bits per heavy atom. The molecule has 1 fully saturated rings. The summed E-state index contributed by atoms with van der Waals surface area (Å²) < 4.78 is 21.0. The molecule has 4 nitrogen and oxygen atoms in total. The van der Waals surface area contributed by atoms with Gasteiger partial charge in [0.1, 0.15) is 6.10 Å². The van der Waals surface area contributed by atoms with Crippen LogP contribution in [0.5, 0.6) is 0 Å². The fourth-order valence-corrected chi connectivity index (χ4v) is 2.56. The van der Waals surface area contributed by atoms with Crippen molar-refractivity contribution in [3.05, 3.63) is 28.5 Å². The summed E-state index contributed by atoms with van der Waals surface area (Å²) in [5, 5.41) is 10.4. The predicted molar refractivity (Wildman–Crippen MR) is 70.2 cm³/mol. The summed E-state index contributed by atoms with van der Waals surface area (Å²) in [4.78, 5) is 4.14. The van der Waals surface area contributed by atoms with Crippen molar-refractivity contribution in [1.82, 2.24) is 9.55 Å². The topological polar surface area (TPSA) is 47.3 Å². The molecule has 0 aliphatic carbocycles. The van der Waals surface area contributed by atoms with E-state index in [1.165, 1.54) is 10.9 Å². The molecule has 0 unspecified atom stereocenters. The third-order valence-electron chi connectivity index (χ3n) is 3.32. The van der Waals surface area contributed by atoms with E-state index >= 15 is 0 Å². The first-order chi connectivity index (χ1) is 8.99. The van der Waals surface area contributed by atoms with Gasteiger partial charge in [-0.1, -0.05) is 23.2 Å². The van der Waals surface area contributed by atoms with Crippen LogP contribution in [0.3, 0.4) is 0 Å². The van der Waals surface area contributed by atoms with Crippen LogP contribution in [-0.2, 0) is 4.74 Å². The van der Waals surface area contributed by atoms with Crippen molar-refractivity contribution in [2.24, 2.45) is 0 Å². The molecule has 1 aromatic heterocycles. The summed E-state index contributed by atoms with van der Waals surface area (Å²) in [6.07, 6.45) is -2.68. The first kappa shape index (κ1) is 13.1. The van der Waals surface area contributed by atoms with Crippen LogP contribution < -0.4 is 0 Å². The summed E-state index contributed by atoms with van der Waals surface area (Å²) in [6.45, 7) is 1.63. The molecule has 0 amide bonds. The van der Waals surface area contributed by atoms with E-state index in [1.807, 2.05) is 0 Å². The number of halogens is 3. The van der Waals surface area contributed by atoms with E-state index in [-0.39, 0.29) is 0 Å². The number of benzene rings is 1. The molecule has 3 rings (SSSR count). The Balaban J connectivity index is 2.09. The molecule has 2 heterocycles. The van der Waals surface area contributed by atoms with Crippen molar-refractivity contribution in [1.29, 1.82) is 0 Å². The minimum Gasteiger partial charge on any atom is -0.387 e. The van der Waals surface area contributed by atoms with E-state index in [0.717, 1.165) is 0 Å². The van der Waals surface area contributed by atoms with Gasteiger partial charge in [-0.05, 0) is 19.1 Å². The fourth-order valence-electron chi connectivity index (χ4n) is 2.25. The molecule has 19 heavy (non-hydrogen) atoms. The van der Waals surface area contributed by atoms with E-state index < -0.39 is 24.6 Å². The fraction of sp³-hybridized carbons (Fsp3) is 0.417. The maximum atomic E-state index is 14.0. The number of aliphatic hydroxyl groups is 1. The molecule has 0 spiro atoms. The second-order valence-electron chi connectivity index (χ2n) is 4.57. The molecule has 0 saturated carbocycles. The van der Waals surface area contributed by atoms with Gasteiger partial charge in [-0.2, -0.15) is 0 Å². The van der Waals surface area contributed by atoms with E-state index in [4.69, 9.17) is 27.9 Å². The van der Waals surface area contributed by atoms with Crippen LogP contribution in [0.1, 0.15) is 13.2 Å². The average Bonchev–Trinajstić information content (AvgIpc) is 2.87. The lowest BCUT2D eigenvalue weighted by atomic mass is 10.2. The highest BCUT2D eigenvalue weighted by atomic mass is 35.5. The predicted octanol–water partition coefficient (Wildman–Crippen LogP) is 2.96. The quantitative estimate of drug-likeness (QED) is 0.881. The number of hydrogen-bond donors (Lipinski definition) is 1. The van der Waals surface area contributed by atoms with Gasteiger partial charge in [0, 0.05) is 0 Å². The summed E-state index contributed by atoms with van der Waals surface area (Å²) >= 11 is 11.9. The SMILES string of the molecule is C[C@H]1O[C@@H](n2cnc3cc(Cl)c(Cl)cc32)[C@@H](F)[C@@H]1O. The van der Waals surface area contributed by atoms with Crippen LogP contribution in [0.25, 0.3) is 11.0 Å². The molecule has 1 aromatic carbocycles. The molecular weight excluding hydrogens is 294 g/mol. The largest absolute Gasteiger partial charge is 0.387 e. The maximum Gasteiger partial charge on any atom is 0.173 e. The number of fused-ring (bicyclic) bond motifs is 1. The molecule has 1 aliphatic heterocycles. The Hall–Kier alpha value is -0.880. The van der Waals surface area contributed by atoms with Crippen molar-refractivity contribution in [3.63, 3.8) is 0 Å². The molecule has 7 heteroatoms. The molecule has 0 radical (unpaired) electrons. The van der Waals surface area contributed by atoms with Gasteiger partial charge in [-0.3, -0.25) is 0 Å². The lowest BCUT2D eigenvalue weighted by Gasteiger charge is -2.15. The number of aromatic nitrogens is 2. The number of imidazole rings is 1. The zero-order chi connectivity index (χ0) is 13.7. The Labute approximate surface area is 118 Å². The zero-order valence-corrected chi connectivity index (χ0v) is 11.4. The van der Waals surface area contributed by atoms with E-state index in [2.05, 4.69) is 4.98 Å². The van der Waals surface area contributed by atoms with Gasteiger partial charge in [-0.25, -0.2) is 9.37 Å². The van der Waals surface area contributed by atoms with E-state index in [9.17, 15) is 9.50 Å². The number of ether oxygens (including phenoxy) is 1. The number of aliphatic hydroxyl groups excluding tert-OH is 1. The Bertz CT molecular complexity index is 633. The van der Waals surface area contributed by atoms with Gasteiger partial charge in [0.05, 0.1) is 33.5 Å². The molecule has 1 aliphatic rings. The average molecular weight is 305 g/mol. The normalized spacial score (nSPS) is 31.2. The van der Waals surface area contributed by atoms with Gasteiger partial charge in [0.15, 0.2) is 12.4 Å². The van der Waals surface area contributed by atoms with Crippen LogP contribution in [0.15, 0.2) is 18.5 Å². The second kappa shape index (κ2) is 4.59. The van der Waals surface area contributed by atoms with Gasteiger partial charge in [0.2, 0.25) is 0 Å². The first-order valence-electron chi connectivity index (χ1n) is 5.78. The lowest BCUT2D eigenvalue weighted by Crippen LogP contribution is -2.26. The van der Waals surface area contributed by atoms with Gasteiger partial charge in [0.25, 0.3) is 0 Å². The maximum absolute atomic E-state index is 14.0. The summed E-state index contributed by atoms with van der Waals surface area (Å²) in [5.74, 6) is 0. The summed E-state index contributed by atoms with van der Waals surface area (Å²) in [5.41, 5.74) is 1.21. The highest BCUT2D eigenvalue weighted by molar-refractivity contribution is 6.42. The number of nitrogens with zero attached hydrogens (tertiary/aromatic N) is 2. The molecule has 4 atom stereocenters. The van der Waals surface area contributed by atoms with Crippen LogP contribution in [-0.4, -0.2) is 33.0 Å². The standard InChI is InChI=1S/C12H11Cl2FN2O2/c1-5-11(18)10(15)12(19-5)17-4-16-8-2-6(13)7(14)3-9(8)17/h2-5,10-12,18H,1H3/t5-,10+,11-,12-/m1/s1. The minimum absolute atomic E-state index is 0.359. The van der Waals surface area contributed by atoms with Gasteiger partial charge >= 0.3 is 0 Å². The highest BCUT2D eigenvalue weighted by Gasteiger charge is 2.43. The Kier molecular flexibility index (Phi) is 3.17. The first-order valence-corrected chi connectivity index (χ1v) is 6.54. The van der Waals surface area contributed by atoms with Gasteiger partial charge in [-0.15, -0.1) is 0 Å². The number of rotatable bonds is 1. The molecule has 1 N–H and O–H groups in total. The zero-order valence-electron chi connectivity index (χ0n) is 9.93. The molecule has 0 bridgehead atoms. The molecule has 2 aromatic rings. The van der Waals surface area contributed by atoms with Gasteiger partial charge < -0.3 is 14.4 Å². The minimum atomic E-state index is -1.51. The third-order valence-corrected chi connectivity index (χ3v) is 4.05. The molecular formula is C12H11Cl2FN2O2. The smallest absolute Gasteiger partial charge is 0.173 e. The van der Waals surface area contributed by atoms with Crippen molar-refractivity contribution >= 4 is 34.2 Å². The van der Waals surface area contributed by atoms with Crippen LogP contribution in [0.4, 0.5) is 4.39 Å². The van der Waals surface area contributed by atoms with Crippen molar-refractivity contribution < 1.29 is 14.2 Å². The van der Waals surface area contributed by atoms with Crippen molar-refractivity contribution in [3.8, 4) is 0 Å². The summed E-state index contributed by atoms with van der Waals surface area (Å²) in [7, 11) is 0. The molecule has 1 saturated heterocycles. The van der Waals surface area contributed by atoms with Crippen LogP contribution >= 0.6 is 23.2 Å². The summed E-state index contributed by atoms with van der Waals surface area (Å²) in [6, 6.07) is 3.22. The van der Waals surface area contributed by atoms with Crippen LogP contribution in [0, 0.1) is 0 Å². The van der Waals surface area contributed by atoms with Crippen molar-refractivity contribution in [2.45, 2.75) is 31.5 Å². The Morgan fingerprint density at radius 3 is 2.68 bits per heavy atom. The number of alkyl halides is 1. The van der Waals surface area contributed by atoms with E-state index in [1.54, 1.807) is 19.1 Å². The lowest BCUT2D eigenvalue weighted by molar-refractivity contribution is -0.0135. The second-order valence-corrected chi connectivity index (χ2v) is 5.39. The molecule has 102 valence electrons. The number of hydrogen-bond acceptors (Lipinski definition) is 3. The highest BCUT2D eigenvalue weighted by Crippen LogP contribution is 2.35. The third kappa shape index (κ3) is 2.01. The Morgan fingerprint density at radius 2 is 2.05 bits per heavy atom. The monoisotopic (exact) mass is 304 g/mol. The van der Waals surface area contributed by atoms with Crippen LogP contribution in [0.2, 0.25) is 10.0 Å². The van der Waals surface area contributed by atoms with Crippen molar-refractivity contribution in [2.75, 3.05) is 0 Å².